The Hall–Kier alpha value is -1.84. The normalized spacial score (nSPS) is 31.8. The summed E-state index contributed by atoms with van der Waals surface area (Å²) in [6.45, 7) is 2.47. The summed E-state index contributed by atoms with van der Waals surface area (Å²) in [5.41, 5.74) is -1.08. The van der Waals surface area contributed by atoms with E-state index in [1.54, 1.807) is 6.92 Å². The van der Waals surface area contributed by atoms with E-state index in [9.17, 15) is 14.6 Å². The minimum Gasteiger partial charge on any atom is -0.479 e. The van der Waals surface area contributed by atoms with Crippen LogP contribution in [-0.2, 0) is 4.74 Å². The highest BCUT2D eigenvalue weighted by atomic mass is 19.1. The van der Waals surface area contributed by atoms with Gasteiger partial charge in [-0.15, -0.1) is 0 Å². The van der Waals surface area contributed by atoms with E-state index in [1.165, 1.54) is 24.9 Å². The van der Waals surface area contributed by atoms with E-state index >= 15 is 0 Å². The highest BCUT2D eigenvalue weighted by Crippen LogP contribution is 2.41. The molecular formula is C13H17FN4O4. The predicted octanol–water partition coefficient (Wildman–Crippen LogP) is 0.122. The highest BCUT2D eigenvalue weighted by molar-refractivity contribution is 5.76. The lowest BCUT2D eigenvalue weighted by atomic mass is 9.98. The Labute approximate surface area is 125 Å². The third-order valence-corrected chi connectivity index (χ3v) is 3.82. The minimum atomic E-state index is -1.83. The van der Waals surface area contributed by atoms with E-state index in [0.29, 0.717) is 17.0 Å². The summed E-state index contributed by atoms with van der Waals surface area (Å²) in [4.78, 5) is 12.5. The van der Waals surface area contributed by atoms with Gasteiger partial charge in [0.25, 0.3) is 0 Å². The van der Waals surface area contributed by atoms with E-state index in [0.717, 1.165) is 0 Å². The topological polar surface area (TPSA) is 103 Å². The van der Waals surface area contributed by atoms with E-state index in [4.69, 9.17) is 9.47 Å². The fraction of sp³-hybridized carbons (Fsp3) is 0.615. The number of aliphatic hydroxyl groups excluding tert-OH is 1. The summed E-state index contributed by atoms with van der Waals surface area (Å²) in [6, 6.07) is 0. The zero-order valence-electron chi connectivity index (χ0n) is 12.4. The van der Waals surface area contributed by atoms with Crippen molar-refractivity contribution in [3.8, 4) is 5.88 Å². The summed E-state index contributed by atoms with van der Waals surface area (Å²) < 4.78 is 26.2. The molecule has 1 fully saturated rings. The molecule has 3 rings (SSSR count). The summed E-state index contributed by atoms with van der Waals surface area (Å²) in [7, 11) is 1.46. The lowest BCUT2D eigenvalue weighted by molar-refractivity contribution is -0.0892. The van der Waals surface area contributed by atoms with Crippen molar-refractivity contribution in [3.63, 3.8) is 0 Å². The van der Waals surface area contributed by atoms with Crippen LogP contribution in [0.2, 0.25) is 0 Å². The van der Waals surface area contributed by atoms with Crippen molar-refractivity contribution in [3.05, 3.63) is 12.2 Å². The van der Waals surface area contributed by atoms with Crippen LogP contribution in [0.15, 0.2) is 6.33 Å². The number of rotatable bonds is 3. The third kappa shape index (κ3) is 2.04. The Morgan fingerprint density at radius 3 is 2.82 bits per heavy atom. The number of imidazole rings is 1. The van der Waals surface area contributed by atoms with Crippen molar-refractivity contribution in [2.75, 3.05) is 13.7 Å². The number of aliphatic hydroxyl groups is 2. The van der Waals surface area contributed by atoms with E-state index < -0.39 is 30.7 Å². The van der Waals surface area contributed by atoms with Crippen LogP contribution in [-0.4, -0.2) is 61.3 Å². The molecule has 0 aliphatic carbocycles. The average molecular weight is 312 g/mol. The van der Waals surface area contributed by atoms with Crippen molar-refractivity contribution < 1.29 is 24.1 Å². The first-order valence-electron chi connectivity index (χ1n) is 6.78. The van der Waals surface area contributed by atoms with Crippen molar-refractivity contribution in [2.24, 2.45) is 0 Å². The first-order chi connectivity index (χ1) is 10.4. The van der Waals surface area contributed by atoms with Crippen molar-refractivity contribution in [1.29, 1.82) is 0 Å². The van der Waals surface area contributed by atoms with Crippen molar-refractivity contribution >= 4 is 11.2 Å². The zero-order valence-corrected chi connectivity index (χ0v) is 12.4. The molecule has 1 aliphatic rings. The molecule has 22 heavy (non-hydrogen) atoms. The summed E-state index contributed by atoms with van der Waals surface area (Å²) >= 11 is 0. The Morgan fingerprint density at radius 1 is 1.50 bits per heavy atom. The van der Waals surface area contributed by atoms with E-state index in [2.05, 4.69) is 15.0 Å². The van der Waals surface area contributed by atoms with Gasteiger partial charge in [-0.1, -0.05) is 0 Å². The molecule has 1 aliphatic heterocycles. The fourth-order valence-corrected chi connectivity index (χ4v) is 2.68. The molecule has 2 aromatic heterocycles. The Morgan fingerprint density at radius 2 is 2.23 bits per heavy atom. The van der Waals surface area contributed by atoms with Gasteiger partial charge in [0.05, 0.1) is 20.0 Å². The number of hydrogen-bond acceptors (Lipinski definition) is 7. The fourth-order valence-electron chi connectivity index (χ4n) is 2.68. The van der Waals surface area contributed by atoms with Crippen molar-refractivity contribution in [2.45, 2.75) is 38.0 Å². The van der Waals surface area contributed by atoms with Gasteiger partial charge < -0.3 is 19.7 Å². The van der Waals surface area contributed by atoms with Crippen LogP contribution in [0.4, 0.5) is 4.39 Å². The van der Waals surface area contributed by atoms with Gasteiger partial charge in [0.15, 0.2) is 23.6 Å². The summed E-state index contributed by atoms with van der Waals surface area (Å²) in [5, 5.41) is 19.6. The van der Waals surface area contributed by atoms with Crippen LogP contribution < -0.4 is 4.74 Å². The van der Waals surface area contributed by atoms with Gasteiger partial charge in [-0.05, 0) is 13.8 Å². The number of aryl methyl sites for hydroxylation is 1. The number of hydrogen-bond donors (Lipinski definition) is 2. The van der Waals surface area contributed by atoms with Gasteiger partial charge in [-0.3, -0.25) is 4.57 Å². The van der Waals surface area contributed by atoms with Gasteiger partial charge >= 0.3 is 0 Å². The maximum Gasteiger partial charge on any atom is 0.245 e. The lowest BCUT2D eigenvalue weighted by Gasteiger charge is -2.26. The third-order valence-electron chi connectivity index (χ3n) is 3.82. The van der Waals surface area contributed by atoms with Gasteiger partial charge in [-0.25, -0.2) is 14.4 Å². The average Bonchev–Trinajstić information content (AvgIpc) is 2.98. The predicted molar refractivity (Wildman–Crippen MR) is 73.1 cm³/mol. The molecule has 1 saturated heterocycles. The van der Waals surface area contributed by atoms with Crippen LogP contribution in [0.3, 0.4) is 0 Å². The molecular weight excluding hydrogens is 295 g/mol. The summed E-state index contributed by atoms with van der Waals surface area (Å²) in [6.07, 6.45) is -2.52. The first kappa shape index (κ1) is 15.1. The maximum atomic E-state index is 14.2. The van der Waals surface area contributed by atoms with Gasteiger partial charge in [0.2, 0.25) is 5.88 Å². The van der Waals surface area contributed by atoms with Crippen LogP contribution in [0.25, 0.3) is 11.2 Å². The molecule has 120 valence electrons. The standard InChI is InChI=1S/C13H17FN4O4/c1-6-16-10-8(11(17-6)21-3)15-5-18(10)12-13(2,20)9(14)7(4-19)22-12/h5,7,9,12,19-20H,4H2,1-3H3/t7-,9-,12+,13+/m1/s1. The number of halogens is 1. The quantitative estimate of drug-likeness (QED) is 0.830. The molecule has 0 aromatic carbocycles. The van der Waals surface area contributed by atoms with Crippen molar-refractivity contribution in [1.82, 2.24) is 19.5 Å². The molecule has 0 saturated carbocycles. The van der Waals surface area contributed by atoms with Crippen LogP contribution >= 0.6 is 0 Å². The second-order valence-electron chi connectivity index (χ2n) is 5.44. The van der Waals surface area contributed by atoms with Crippen LogP contribution in [0.1, 0.15) is 19.0 Å². The molecule has 0 amide bonds. The maximum absolute atomic E-state index is 14.2. The molecule has 2 aromatic rings. The number of fused-ring (bicyclic) bond motifs is 1. The van der Waals surface area contributed by atoms with E-state index in [1.807, 2.05) is 0 Å². The Bertz CT molecular complexity index is 705. The first-order valence-corrected chi connectivity index (χ1v) is 6.78. The van der Waals surface area contributed by atoms with Gasteiger partial charge in [0.1, 0.15) is 17.5 Å². The second-order valence-corrected chi connectivity index (χ2v) is 5.44. The number of aromatic nitrogens is 4. The monoisotopic (exact) mass is 312 g/mol. The molecule has 4 atom stereocenters. The summed E-state index contributed by atoms with van der Waals surface area (Å²) in [5.74, 6) is 0.730. The van der Waals surface area contributed by atoms with Crippen LogP contribution in [0.5, 0.6) is 5.88 Å². The zero-order chi connectivity index (χ0) is 16.1. The van der Waals surface area contributed by atoms with E-state index in [-0.39, 0.29) is 5.88 Å². The second kappa shape index (κ2) is 5.11. The number of ether oxygens (including phenoxy) is 2. The SMILES string of the molecule is COc1nc(C)nc2c1ncn2[C@H]1O[C@H](CO)[C@@H](F)[C@]1(C)O. The lowest BCUT2D eigenvalue weighted by Crippen LogP contribution is -2.41. The minimum absolute atomic E-state index is 0.286. The van der Waals surface area contributed by atoms with Gasteiger partial charge in [-0.2, -0.15) is 4.98 Å². The van der Waals surface area contributed by atoms with Crippen LogP contribution in [0, 0.1) is 6.92 Å². The molecule has 2 N–H and O–H groups in total. The molecule has 9 heteroatoms. The molecule has 0 unspecified atom stereocenters. The molecule has 3 heterocycles. The number of nitrogens with zero attached hydrogens (tertiary/aromatic N) is 4. The smallest absolute Gasteiger partial charge is 0.245 e. The molecule has 0 radical (unpaired) electrons. The van der Waals surface area contributed by atoms with Gasteiger partial charge in [0, 0.05) is 0 Å². The number of alkyl halides is 1. The molecule has 0 bridgehead atoms. The Kier molecular flexibility index (Phi) is 3.50. The molecule has 8 nitrogen and oxygen atoms in total. The molecule has 0 spiro atoms. The highest BCUT2D eigenvalue weighted by Gasteiger charge is 2.54. The Balaban J connectivity index is 2.13. The largest absolute Gasteiger partial charge is 0.479 e. The number of methoxy groups -OCH3 is 1.